The van der Waals surface area contributed by atoms with E-state index in [1.165, 1.54) is 17.7 Å². The molecule has 112 valence electrons. The molecule has 0 aliphatic rings. The number of halogens is 3. The third-order valence-corrected chi connectivity index (χ3v) is 3.25. The van der Waals surface area contributed by atoms with Crippen molar-refractivity contribution < 1.29 is 13.2 Å². The molecule has 1 nitrogen and oxygen atoms in total. The Morgan fingerprint density at radius 3 is 1.38 bits per heavy atom. The summed E-state index contributed by atoms with van der Waals surface area (Å²) in [5.41, 5.74) is 2.12. The van der Waals surface area contributed by atoms with Crippen LogP contribution in [0.4, 0.5) is 24.5 Å². The molecule has 0 fully saturated rings. The number of hydrogen-bond acceptors (Lipinski definition) is 1. The van der Waals surface area contributed by atoms with Gasteiger partial charge in [-0.05, 0) is 47.4 Å². The molecule has 4 heteroatoms. The fraction of sp³-hybridized carbons (Fsp3) is 0.294. The lowest BCUT2D eigenvalue weighted by Crippen LogP contribution is -2.10. The Morgan fingerprint density at radius 2 is 1.05 bits per heavy atom. The molecular formula is C17H18F3N. The zero-order chi connectivity index (χ0) is 15.7. The first-order valence-corrected chi connectivity index (χ1v) is 6.71. The van der Waals surface area contributed by atoms with E-state index in [-0.39, 0.29) is 5.41 Å². The summed E-state index contributed by atoms with van der Waals surface area (Å²) in [7, 11) is 0. The minimum absolute atomic E-state index is 0.0763. The van der Waals surface area contributed by atoms with Gasteiger partial charge in [0.15, 0.2) is 0 Å². The molecule has 1 N–H and O–H groups in total. The van der Waals surface area contributed by atoms with Crippen molar-refractivity contribution in [2.24, 2.45) is 0 Å². The van der Waals surface area contributed by atoms with E-state index in [9.17, 15) is 13.2 Å². The molecule has 0 saturated heterocycles. The zero-order valence-electron chi connectivity index (χ0n) is 12.3. The van der Waals surface area contributed by atoms with Crippen LogP contribution in [-0.2, 0) is 11.6 Å². The molecule has 0 aliphatic carbocycles. The summed E-state index contributed by atoms with van der Waals surface area (Å²) in [6.07, 6.45) is -4.30. The van der Waals surface area contributed by atoms with Crippen LogP contribution in [0.15, 0.2) is 48.5 Å². The van der Waals surface area contributed by atoms with Crippen molar-refractivity contribution in [3.63, 3.8) is 0 Å². The number of rotatable bonds is 2. The lowest BCUT2D eigenvalue weighted by atomic mass is 9.87. The second-order valence-corrected chi connectivity index (χ2v) is 6.03. The Kier molecular flexibility index (Phi) is 3.99. The Balaban J connectivity index is 2.12. The monoisotopic (exact) mass is 293 g/mol. The molecule has 0 aromatic heterocycles. The number of hydrogen-bond donors (Lipinski definition) is 1. The summed E-state index contributed by atoms with van der Waals surface area (Å²) in [6, 6.07) is 12.9. The lowest BCUT2D eigenvalue weighted by Gasteiger charge is -2.19. The maximum absolute atomic E-state index is 12.5. The smallest absolute Gasteiger partial charge is 0.356 e. The van der Waals surface area contributed by atoms with Gasteiger partial charge >= 0.3 is 6.18 Å². The first-order valence-electron chi connectivity index (χ1n) is 6.71. The molecule has 0 atom stereocenters. The summed E-state index contributed by atoms with van der Waals surface area (Å²) in [4.78, 5) is 0. The van der Waals surface area contributed by atoms with E-state index in [1.807, 2.05) is 24.3 Å². The first kappa shape index (κ1) is 15.4. The van der Waals surface area contributed by atoms with Crippen LogP contribution in [0.25, 0.3) is 0 Å². The van der Waals surface area contributed by atoms with Gasteiger partial charge in [-0.3, -0.25) is 0 Å². The summed E-state index contributed by atoms with van der Waals surface area (Å²) in [5, 5.41) is 3.09. The maximum Gasteiger partial charge on any atom is 0.416 e. The van der Waals surface area contributed by atoms with Crippen LogP contribution in [0.3, 0.4) is 0 Å². The van der Waals surface area contributed by atoms with Gasteiger partial charge in [-0.1, -0.05) is 32.9 Å². The van der Waals surface area contributed by atoms with Crippen molar-refractivity contribution in [3.05, 3.63) is 59.7 Å². The third-order valence-electron chi connectivity index (χ3n) is 3.25. The molecule has 21 heavy (non-hydrogen) atoms. The van der Waals surface area contributed by atoms with Gasteiger partial charge in [0, 0.05) is 11.4 Å². The lowest BCUT2D eigenvalue weighted by molar-refractivity contribution is -0.137. The molecule has 0 radical (unpaired) electrons. The molecule has 0 amide bonds. The predicted octanol–water partition coefficient (Wildman–Crippen LogP) is 5.75. The molecule has 0 aliphatic heterocycles. The number of nitrogens with one attached hydrogen (secondary N) is 1. The van der Waals surface area contributed by atoms with Crippen LogP contribution in [0.5, 0.6) is 0 Å². The van der Waals surface area contributed by atoms with Gasteiger partial charge in [0.1, 0.15) is 0 Å². The van der Waals surface area contributed by atoms with Crippen molar-refractivity contribution >= 4 is 11.4 Å². The quantitative estimate of drug-likeness (QED) is 0.743. The van der Waals surface area contributed by atoms with E-state index >= 15 is 0 Å². The van der Waals surface area contributed by atoms with Crippen molar-refractivity contribution in [3.8, 4) is 0 Å². The Hall–Kier alpha value is -1.97. The van der Waals surface area contributed by atoms with Gasteiger partial charge in [0.25, 0.3) is 0 Å². The van der Waals surface area contributed by atoms with E-state index in [4.69, 9.17) is 0 Å². The van der Waals surface area contributed by atoms with E-state index in [0.29, 0.717) is 5.69 Å². The van der Waals surface area contributed by atoms with Crippen LogP contribution in [0, 0.1) is 0 Å². The van der Waals surface area contributed by atoms with Crippen LogP contribution < -0.4 is 5.32 Å². The SMILES string of the molecule is CC(C)(C)c1ccc(Nc2ccc(C(F)(F)F)cc2)cc1. The predicted molar refractivity (Wildman–Crippen MR) is 79.9 cm³/mol. The Bertz CT molecular complexity index is 534. The fourth-order valence-electron chi connectivity index (χ4n) is 1.96. The van der Waals surface area contributed by atoms with Gasteiger partial charge in [-0.25, -0.2) is 0 Å². The van der Waals surface area contributed by atoms with E-state index in [2.05, 4.69) is 26.1 Å². The normalized spacial score (nSPS) is 12.3. The van der Waals surface area contributed by atoms with Gasteiger partial charge in [0.2, 0.25) is 0 Å². The Labute approximate surface area is 122 Å². The highest BCUT2D eigenvalue weighted by Crippen LogP contribution is 2.30. The molecule has 0 bridgehead atoms. The topological polar surface area (TPSA) is 12.0 Å². The van der Waals surface area contributed by atoms with Crippen molar-refractivity contribution in [1.82, 2.24) is 0 Å². The van der Waals surface area contributed by atoms with E-state index in [1.54, 1.807) is 0 Å². The Morgan fingerprint density at radius 1 is 0.667 bits per heavy atom. The third kappa shape index (κ3) is 4.00. The van der Waals surface area contributed by atoms with Crippen LogP contribution >= 0.6 is 0 Å². The molecule has 0 saturated carbocycles. The molecule has 2 aromatic rings. The number of benzene rings is 2. The number of anilines is 2. The largest absolute Gasteiger partial charge is 0.416 e. The first-order chi connectivity index (χ1) is 9.66. The number of alkyl halides is 3. The van der Waals surface area contributed by atoms with Crippen molar-refractivity contribution in [1.29, 1.82) is 0 Å². The van der Waals surface area contributed by atoms with Crippen molar-refractivity contribution in [2.75, 3.05) is 5.32 Å². The standard InChI is InChI=1S/C17H18F3N/c1-16(2,3)12-4-8-14(9-5-12)21-15-10-6-13(7-11-15)17(18,19)20/h4-11,21H,1-3H3. The minimum atomic E-state index is -4.30. The highest BCUT2D eigenvalue weighted by Gasteiger charge is 2.29. The second kappa shape index (κ2) is 5.43. The van der Waals surface area contributed by atoms with Gasteiger partial charge in [-0.15, -0.1) is 0 Å². The van der Waals surface area contributed by atoms with E-state index in [0.717, 1.165) is 17.8 Å². The molecule has 2 rings (SSSR count). The average Bonchev–Trinajstić information content (AvgIpc) is 2.38. The van der Waals surface area contributed by atoms with Crippen LogP contribution in [0.2, 0.25) is 0 Å². The molecule has 0 spiro atoms. The molecule has 0 unspecified atom stereocenters. The van der Waals surface area contributed by atoms with Crippen LogP contribution in [-0.4, -0.2) is 0 Å². The van der Waals surface area contributed by atoms with Gasteiger partial charge in [0.05, 0.1) is 5.56 Å². The highest BCUT2D eigenvalue weighted by atomic mass is 19.4. The minimum Gasteiger partial charge on any atom is -0.356 e. The fourth-order valence-corrected chi connectivity index (χ4v) is 1.96. The zero-order valence-corrected chi connectivity index (χ0v) is 12.3. The molecule has 2 aromatic carbocycles. The van der Waals surface area contributed by atoms with Gasteiger partial charge in [-0.2, -0.15) is 13.2 Å². The summed E-state index contributed by atoms with van der Waals surface area (Å²) in [5.74, 6) is 0. The summed E-state index contributed by atoms with van der Waals surface area (Å²) >= 11 is 0. The second-order valence-electron chi connectivity index (χ2n) is 6.03. The van der Waals surface area contributed by atoms with Crippen molar-refractivity contribution in [2.45, 2.75) is 32.4 Å². The van der Waals surface area contributed by atoms with E-state index < -0.39 is 11.7 Å². The molecule has 0 heterocycles. The average molecular weight is 293 g/mol. The maximum atomic E-state index is 12.5. The summed E-state index contributed by atoms with van der Waals surface area (Å²) in [6.45, 7) is 6.39. The highest BCUT2D eigenvalue weighted by molar-refractivity contribution is 5.60. The van der Waals surface area contributed by atoms with Crippen LogP contribution in [0.1, 0.15) is 31.9 Å². The van der Waals surface area contributed by atoms with Gasteiger partial charge < -0.3 is 5.32 Å². The summed E-state index contributed by atoms with van der Waals surface area (Å²) < 4.78 is 37.4. The molecular weight excluding hydrogens is 275 g/mol.